The molecular weight excluding hydrogens is 592 g/mol. The molecule has 1 unspecified atom stereocenters. The minimum Gasteiger partial charge on any atom is -0.480 e. The quantitative estimate of drug-likeness (QED) is 0.0286. The molecule has 8 N–H and O–H groups in total. The normalized spacial score (nSPS) is 11.9. The minimum absolute atomic E-state index is 0.0338. The number of hydrogen-bond donors (Lipinski definition) is 8. The molecule has 0 aliphatic carbocycles. The van der Waals surface area contributed by atoms with E-state index in [-0.39, 0.29) is 51.6 Å². The third-order valence-corrected chi connectivity index (χ3v) is 7.53. The van der Waals surface area contributed by atoms with Gasteiger partial charge >= 0.3 is 23.9 Å². The van der Waals surface area contributed by atoms with Gasteiger partial charge in [-0.25, -0.2) is 0 Å². The Kier molecular flexibility index (Phi) is 21.1. The standard InChI is InChI=1S/C21H38N6O10S3/c22-15(21(36)37)14-40-39-8-2-24-17(29)10-27(13-20(34)35)6-4-25(11-18(30)31)3-5-26(12-19(32)33)9-16(28)23-1-7-38/h15,38H,1-14,22H2,(H,23,28)(H,24,29)(H,30,31)(H,32,33)(H,34,35)(H,36,37). The van der Waals surface area contributed by atoms with E-state index in [1.54, 1.807) is 0 Å². The van der Waals surface area contributed by atoms with Gasteiger partial charge in [0.1, 0.15) is 6.04 Å². The van der Waals surface area contributed by atoms with E-state index in [1.807, 2.05) is 0 Å². The fraction of sp³-hybridized carbons (Fsp3) is 0.714. The number of nitrogens with one attached hydrogen (secondary N) is 2. The second-order valence-corrected chi connectivity index (χ2v) is 11.4. The van der Waals surface area contributed by atoms with Gasteiger partial charge in [0.15, 0.2) is 0 Å². The molecule has 0 spiro atoms. The molecule has 0 aromatic carbocycles. The second kappa shape index (κ2) is 22.4. The van der Waals surface area contributed by atoms with Crippen LogP contribution in [0.2, 0.25) is 0 Å². The number of aliphatic carboxylic acids is 4. The van der Waals surface area contributed by atoms with Crippen LogP contribution in [0.15, 0.2) is 0 Å². The molecule has 0 saturated carbocycles. The van der Waals surface area contributed by atoms with E-state index in [9.17, 15) is 39.0 Å². The Balaban J connectivity index is 4.88. The molecule has 0 bridgehead atoms. The number of carboxylic acids is 4. The van der Waals surface area contributed by atoms with Crippen LogP contribution in [0, 0.1) is 0 Å². The van der Waals surface area contributed by atoms with Crippen LogP contribution < -0.4 is 16.4 Å². The molecule has 19 heteroatoms. The summed E-state index contributed by atoms with van der Waals surface area (Å²) in [6.45, 7) is -1.01. The molecule has 0 aliphatic heterocycles. The molecule has 0 saturated heterocycles. The molecule has 40 heavy (non-hydrogen) atoms. The number of rotatable bonds is 25. The van der Waals surface area contributed by atoms with Gasteiger partial charge in [0, 0.05) is 56.5 Å². The number of thiol groups is 1. The first-order valence-corrected chi connectivity index (χ1v) is 15.2. The Labute approximate surface area is 245 Å². The number of carbonyl (C=O) groups is 6. The number of carbonyl (C=O) groups excluding carboxylic acids is 2. The van der Waals surface area contributed by atoms with Crippen LogP contribution in [0.25, 0.3) is 0 Å². The summed E-state index contributed by atoms with van der Waals surface area (Å²) in [6, 6.07) is -0.986. The van der Waals surface area contributed by atoms with Crippen LogP contribution in [0.4, 0.5) is 0 Å². The summed E-state index contributed by atoms with van der Waals surface area (Å²) in [5.41, 5.74) is 5.40. The van der Waals surface area contributed by atoms with Gasteiger partial charge in [0.25, 0.3) is 0 Å². The average molecular weight is 631 g/mol. The SMILES string of the molecule is NC(CSSCCNC(=O)CN(CCN(CCN(CC(=O)O)CC(=O)NCCS)CC(=O)O)CC(=O)O)C(=O)O. The third-order valence-electron chi connectivity index (χ3n) is 4.87. The zero-order chi connectivity index (χ0) is 30.5. The third kappa shape index (κ3) is 21.5. The maximum Gasteiger partial charge on any atom is 0.321 e. The van der Waals surface area contributed by atoms with Crippen molar-refractivity contribution in [1.29, 1.82) is 0 Å². The van der Waals surface area contributed by atoms with Gasteiger partial charge in [-0.1, -0.05) is 21.6 Å². The fourth-order valence-corrected chi connectivity index (χ4v) is 5.17. The first-order valence-electron chi connectivity index (χ1n) is 12.0. The lowest BCUT2D eigenvalue weighted by molar-refractivity contribution is -0.141. The van der Waals surface area contributed by atoms with Crippen LogP contribution in [-0.2, 0) is 28.8 Å². The van der Waals surface area contributed by atoms with Crippen molar-refractivity contribution in [2.75, 3.05) is 89.3 Å². The summed E-state index contributed by atoms with van der Waals surface area (Å²) < 4.78 is 0. The van der Waals surface area contributed by atoms with Crippen LogP contribution >= 0.6 is 34.2 Å². The highest BCUT2D eigenvalue weighted by Crippen LogP contribution is 2.20. The number of nitrogens with zero attached hydrogens (tertiary/aromatic N) is 3. The van der Waals surface area contributed by atoms with Gasteiger partial charge in [-0.15, -0.1) is 0 Å². The molecule has 0 radical (unpaired) electrons. The van der Waals surface area contributed by atoms with Crippen molar-refractivity contribution in [1.82, 2.24) is 25.3 Å². The Bertz CT molecular complexity index is 841. The Morgan fingerprint density at radius 1 is 0.675 bits per heavy atom. The number of hydrogen-bond acceptors (Lipinski definition) is 13. The van der Waals surface area contributed by atoms with E-state index in [4.69, 9.17) is 15.9 Å². The highest BCUT2D eigenvalue weighted by atomic mass is 33.1. The molecule has 0 aromatic heterocycles. The van der Waals surface area contributed by atoms with E-state index in [0.29, 0.717) is 18.1 Å². The van der Waals surface area contributed by atoms with Gasteiger partial charge in [-0.2, -0.15) is 12.6 Å². The lowest BCUT2D eigenvalue weighted by Gasteiger charge is -2.28. The van der Waals surface area contributed by atoms with Gasteiger partial charge in [0.2, 0.25) is 11.8 Å². The highest BCUT2D eigenvalue weighted by Gasteiger charge is 2.20. The van der Waals surface area contributed by atoms with Gasteiger partial charge in [-0.05, 0) is 0 Å². The lowest BCUT2D eigenvalue weighted by Crippen LogP contribution is -2.47. The second-order valence-electron chi connectivity index (χ2n) is 8.35. The van der Waals surface area contributed by atoms with E-state index in [1.165, 1.54) is 36.3 Å². The van der Waals surface area contributed by atoms with Gasteiger partial charge in [0.05, 0.1) is 32.7 Å². The average Bonchev–Trinajstić information content (AvgIpc) is 2.84. The van der Waals surface area contributed by atoms with Crippen molar-refractivity contribution < 1.29 is 49.2 Å². The summed E-state index contributed by atoms with van der Waals surface area (Å²) in [4.78, 5) is 73.0. The summed E-state index contributed by atoms with van der Waals surface area (Å²) in [7, 11) is 2.58. The Morgan fingerprint density at radius 2 is 1.10 bits per heavy atom. The molecule has 2 amide bonds. The summed E-state index contributed by atoms with van der Waals surface area (Å²) in [5, 5.41) is 41.6. The summed E-state index contributed by atoms with van der Waals surface area (Å²) in [6.07, 6.45) is 0. The van der Waals surface area contributed by atoms with E-state index >= 15 is 0 Å². The maximum atomic E-state index is 12.3. The molecule has 1 atom stereocenters. The first-order chi connectivity index (χ1) is 18.8. The van der Waals surface area contributed by atoms with Crippen molar-refractivity contribution in [2.24, 2.45) is 5.73 Å². The van der Waals surface area contributed by atoms with Crippen molar-refractivity contribution in [2.45, 2.75) is 6.04 Å². The van der Waals surface area contributed by atoms with E-state index in [0.717, 1.165) is 0 Å². The zero-order valence-electron chi connectivity index (χ0n) is 21.9. The van der Waals surface area contributed by atoms with Crippen molar-refractivity contribution in [3.63, 3.8) is 0 Å². The number of carboxylic acid groups (broad SMARTS) is 4. The van der Waals surface area contributed by atoms with Crippen molar-refractivity contribution in [3.8, 4) is 0 Å². The van der Waals surface area contributed by atoms with Gasteiger partial charge in [-0.3, -0.25) is 43.5 Å². The largest absolute Gasteiger partial charge is 0.480 e. The number of amides is 2. The molecule has 0 rings (SSSR count). The van der Waals surface area contributed by atoms with E-state index < -0.39 is 61.4 Å². The molecule has 0 aliphatic rings. The minimum atomic E-state index is -1.18. The summed E-state index contributed by atoms with van der Waals surface area (Å²) >= 11 is 3.99. The van der Waals surface area contributed by atoms with Crippen LogP contribution in [0.1, 0.15) is 0 Å². The fourth-order valence-electron chi connectivity index (χ4n) is 3.03. The molecule has 0 heterocycles. The predicted octanol–water partition coefficient (Wildman–Crippen LogP) is -2.90. The smallest absolute Gasteiger partial charge is 0.321 e. The summed E-state index contributed by atoms with van der Waals surface area (Å²) in [5.74, 6) is -4.38. The maximum absolute atomic E-state index is 12.3. The molecule has 0 fully saturated rings. The van der Waals surface area contributed by atoms with E-state index in [2.05, 4.69) is 23.3 Å². The Hall–Kier alpha value is -2.29. The lowest BCUT2D eigenvalue weighted by atomic mass is 10.3. The number of nitrogens with two attached hydrogens (primary N) is 1. The van der Waals surface area contributed by atoms with Crippen LogP contribution in [0.5, 0.6) is 0 Å². The Morgan fingerprint density at radius 3 is 1.52 bits per heavy atom. The monoisotopic (exact) mass is 630 g/mol. The van der Waals surface area contributed by atoms with Crippen LogP contribution in [-0.4, -0.2) is 166 Å². The molecule has 230 valence electrons. The van der Waals surface area contributed by atoms with Gasteiger partial charge < -0.3 is 36.8 Å². The van der Waals surface area contributed by atoms with Crippen molar-refractivity contribution >= 4 is 69.9 Å². The zero-order valence-corrected chi connectivity index (χ0v) is 24.4. The predicted molar refractivity (Wildman–Crippen MR) is 153 cm³/mol. The molecule has 16 nitrogen and oxygen atoms in total. The molecule has 0 aromatic rings. The highest BCUT2D eigenvalue weighted by molar-refractivity contribution is 8.76. The topological polar surface area (TPSA) is 243 Å². The van der Waals surface area contributed by atoms with Crippen LogP contribution in [0.3, 0.4) is 0 Å². The first kappa shape index (κ1) is 37.7. The molecular formula is C21H38N6O10S3. The van der Waals surface area contributed by atoms with Crippen molar-refractivity contribution in [3.05, 3.63) is 0 Å².